The van der Waals surface area contributed by atoms with Gasteiger partial charge in [-0.2, -0.15) is 4.98 Å². The molecule has 0 radical (unpaired) electrons. The minimum absolute atomic E-state index is 0.183. The summed E-state index contributed by atoms with van der Waals surface area (Å²) in [7, 11) is 1.61. The fourth-order valence-corrected chi connectivity index (χ4v) is 2.82. The predicted octanol–water partition coefficient (Wildman–Crippen LogP) is 3.74. The van der Waals surface area contributed by atoms with Crippen molar-refractivity contribution in [2.75, 3.05) is 12.4 Å². The first-order valence-corrected chi connectivity index (χ1v) is 7.87. The Morgan fingerprint density at radius 1 is 1.25 bits per heavy atom. The van der Waals surface area contributed by atoms with Gasteiger partial charge in [-0.3, -0.25) is 0 Å². The number of hydrogen-bond acceptors (Lipinski definition) is 4. The molecule has 24 heavy (non-hydrogen) atoms. The molecule has 0 amide bonds. The number of nitrogens with zero attached hydrogens (tertiary/aromatic N) is 3. The molecule has 0 atom stereocenters. The van der Waals surface area contributed by atoms with E-state index < -0.39 is 11.5 Å². The van der Waals surface area contributed by atoms with E-state index in [9.17, 15) is 9.18 Å². The van der Waals surface area contributed by atoms with E-state index in [2.05, 4.69) is 15.3 Å². The maximum atomic E-state index is 13.9. The van der Waals surface area contributed by atoms with E-state index in [0.29, 0.717) is 11.1 Å². The Labute approximate surface area is 143 Å². The van der Waals surface area contributed by atoms with Gasteiger partial charge >= 0.3 is 5.69 Å². The third kappa shape index (κ3) is 2.63. The molecule has 3 rings (SSSR count). The van der Waals surface area contributed by atoms with Gasteiger partial charge in [-0.1, -0.05) is 43.6 Å². The summed E-state index contributed by atoms with van der Waals surface area (Å²) in [5.74, 6) is -0.218. The smallest absolute Gasteiger partial charge is 0.355 e. The Kier molecular flexibility index (Phi) is 4.24. The van der Waals surface area contributed by atoms with Crippen molar-refractivity contribution < 1.29 is 4.39 Å². The number of nitrogens with one attached hydrogen (secondary N) is 1. The lowest BCUT2D eigenvalue weighted by atomic mass is 10.0. The number of pyridine rings is 1. The van der Waals surface area contributed by atoms with Crippen molar-refractivity contribution in [2.45, 2.75) is 19.8 Å². The highest BCUT2D eigenvalue weighted by Crippen LogP contribution is 2.27. The van der Waals surface area contributed by atoms with Crippen LogP contribution in [0.15, 0.2) is 35.1 Å². The van der Waals surface area contributed by atoms with Gasteiger partial charge in [0.25, 0.3) is 0 Å². The molecule has 5 nitrogen and oxygen atoms in total. The molecule has 0 unspecified atom stereocenters. The molecule has 3 aromatic rings. The minimum Gasteiger partial charge on any atom is -0.372 e. The van der Waals surface area contributed by atoms with E-state index >= 15 is 0 Å². The van der Waals surface area contributed by atoms with Crippen molar-refractivity contribution in [1.29, 1.82) is 0 Å². The number of rotatable bonds is 3. The number of halogens is 2. The van der Waals surface area contributed by atoms with Crippen LogP contribution in [0.1, 0.15) is 25.3 Å². The SMILES string of the molecule is CNc1nc(=O)n(-c2ccccc2C(C)C)c2nc(Cl)c(F)cc12. The lowest BCUT2D eigenvalue weighted by molar-refractivity contribution is 0.624. The highest BCUT2D eigenvalue weighted by atomic mass is 35.5. The van der Waals surface area contributed by atoms with Crippen molar-refractivity contribution in [1.82, 2.24) is 14.5 Å². The number of aromatic nitrogens is 3. The summed E-state index contributed by atoms with van der Waals surface area (Å²) in [6, 6.07) is 8.72. The average molecular weight is 347 g/mol. The zero-order valence-electron chi connectivity index (χ0n) is 13.5. The zero-order chi connectivity index (χ0) is 17.4. The van der Waals surface area contributed by atoms with Crippen molar-refractivity contribution in [2.24, 2.45) is 0 Å². The maximum Gasteiger partial charge on any atom is 0.355 e. The Balaban J connectivity index is 2.48. The highest BCUT2D eigenvalue weighted by Gasteiger charge is 2.18. The van der Waals surface area contributed by atoms with Crippen molar-refractivity contribution in [3.63, 3.8) is 0 Å². The van der Waals surface area contributed by atoms with Gasteiger partial charge in [-0.15, -0.1) is 0 Å². The number of para-hydroxylation sites is 1. The highest BCUT2D eigenvalue weighted by molar-refractivity contribution is 6.30. The quantitative estimate of drug-likeness (QED) is 0.734. The minimum atomic E-state index is -0.662. The van der Waals surface area contributed by atoms with Crippen LogP contribution in [0, 0.1) is 5.82 Å². The lowest BCUT2D eigenvalue weighted by Gasteiger charge is -2.17. The monoisotopic (exact) mass is 346 g/mol. The van der Waals surface area contributed by atoms with Gasteiger partial charge in [0, 0.05) is 7.05 Å². The van der Waals surface area contributed by atoms with Gasteiger partial charge in [0.05, 0.1) is 11.1 Å². The largest absolute Gasteiger partial charge is 0.372 e. The Bertz CT molecular complexity index is 984. The summed E-state index contributed by atoms with van der Waals surface area (Å²) in [6.45, 7) is 4.06. The fourth-order valence-electron chi connectivity index (χ4n) is 2.69. The van der Waals surface area contributed by atoms with Crippen molar-refractivity contribution >= 4 is 28.5 Å². The van der Waals surface area contributed by atoms with E-state index in [1.807, 2.05) is 38.1 Å². The average Bonchev–Trinajstić information content (AvgIpc) is 2.56. The first-order chi connectivity index (χ1) is 11.4. The van der Waals surface area contributed by atoms with Crippen LogP contribution in [0.5, 0.6) is 0 Å². The molecular formula is C17H16ClFN4O. The molecule has 2 heterocycles. The third-order valence-corrected chi connectivity index (χ3v) is 4.08. The summed E-state index contributed by atoms with van der Waals surface area (Å²) in [4.78, 5) is 20.7. The van der Waals surface area contributed by atoms with Crippen LogP contribution in [0.25, 0.3) is 16.7 Å². The van der Waals surface area contributed by atoms with Gasteiger partial charge in [0.1, 0.15) is 5.82 Å². The molecule has 1 aromatic carbocycles. The van der Waals surface area contributed by atoms with Gasteiger partial charge in [-0.25, -0.2) is 18.7 Å². The first kappa shape index (κ1) is 16.4. The topological polar surface area (TPSA) is 59.8 Å². The van der Waals surface area contributed by atoms with Crippen LogP contribution in [0.4, 0.5) is 10.2 Å². The van der Waals surface area contributed by atoms with Crippen LogP contribution >= 0.6 is 11.6 Å². The summed E-state index contributed by atoms with van der Waals surface area (Å²) >= 11 is 5.85. The molecular weight excluding hydrogens is 331 g/mol. The molecule has 0 aliphatic carbocycles. The lowest BCUT2D eigenvalue weighted by Crippen LogP contribution is -2.25. The molecule has 1 N–H and O–H groups in total. The normalized spacial score (nSPS) is 11.2. The Hall–Kier alpha value is -2.47. The second-order valence-corrected chi connectivity index (χ2v) is 6.03. The molecule has 0 fully saturated rings. The predicted molar refractivity (Wildman–Crippen MR) is 93.7 cm³/mol. The molecule has 0 saturated heterocycles. The molecule has 2 aromatic heterocycles. The number of fused-ring (bicyclic) bond motifs is 1. The summed E-state index contributed by atoms with van der Waals surface area (Å²) in [5.41, 5.74) is 1.38. The van der Waals surface area contributed by atoms with Crippen molar-refractivity contribution in [3.05, 3.63) is 57.3 Å². The standard InChI is InChI=1S/C17H16ClFN4O/c1-9(2)10-6-4-5-7-13(10)23-16-11(8-12(19)14(18)21-16)15(20-3)22-17(23)24/h4-9H,1-3H3,(H,20,22,24). The molecule has 7 heteroatoms. The third-order valence-electron chi connectivity index (χ3n) is 3.82. The van der Waals surface area contributed by atoms with Gasteiger partial charge in [-0.05, 0) is 23.6 Å². The number of hydrogen-bond donors (Lipinski definition) is 1. The summed E-state index contributed by atoms with van der Waals surface area (Å²) in [6.07, 6.45) is 0. The second kappa shape index (κ2) is 6.20. The Morgan fingerprint density at radius 3 is 2.62 bits per heavy atom. The van der Waals surface area contributed by atoms with E-state index in [1.54, 1.807) is 7.05 Å². The molecule has 124 valence electrons. The summed E-state index contributed by atoms with van der Waals surface area (Å²) < 4.78 is 15.2. The fraction of sp³-hybridized carbons (Fsp3) is 0.235. The molecule has 0 bridgehead atoms. The molecule has 0 aliphatic rings. The maximum absolute atomic E-state index is 13.9. The zero-order valence-corrected chi connectivity index (χ0v) is 14.2. The van der Waals surface area contributed by atoms with Gasteiger partial charge in [0.2, 0.25) is 0 Å². The van der Waals surface area contributed by atoms with Crippen molar-refractivity contribution in [3.8, 4) is 5.69 Å². The van der Waals surface area contributed by atoms with Crippen LogP contribution < -0.4 is 11.0 Å². The van der Waals surface area contributed by atoms with E-state index in [4.69, 9.17) is 11.6 Å². The molecule has 0 aliphatic heterocycles. The Morgan fingerprint density at radius 2 is 1.96 bits per heavy atom. The van der Waals surface area contributed by atoms with E-state index in [1.165, 1.54) is 10.6 Å². The van der Waals surface area contributed by atoms with E-state index in [-0.39, 0.29) is 22.5 Å². The van der Waals surface area contributed by atoms with Crippen LogP contribution in [0.2, 0.25) is 5.15 Å². The number of benzene rings is 1. The first-order valence-electron chi connectivity index (χ1n) is 7.50. The van der Waals surface area contributed by atoms with Gasteiger partial charge < -0.3 is 5.32 Å². The molecule has 0 saturated carbocycles. The van der Waals surface area contributed by atoms with Crippen LogP contribution in [0.3, 0.4) is 0 Å². The van der Waals surface area contributed by atoms with Crippen LogP contribution in [-0.4, -0.2) is 21.6 Å². The van der Waals surface area contributed by atoms with Crippen LogP contribution in [-0.2, 0) is 0 Å². The van der Waals surface area contributed by atoms with Gasteiger partial charge in [0.15, 0.2) is 16.6 Å². The second-order valence-electron chi connectivity index (χ2n) is 5.67. The molecule has 0 spiro atoms. The number of anilines is 1. The van der Waals surface area contributed by atoms with E-state index in [0.717, 1.165) is 5.56 Å². The summed E-state index contributed by atoms with van der Waals surface area (Å²) in [5, 5.41) is 2.90.